The number of nitrogens with one attached hydrogen (secondary N) is 2. The normalized spacial score (nSPS) is 12.4. The number of aryl methyl sites for hydroxylation is 2. The molecule has 0 aromatic heterocycles. The summed E-state index contributed by atoms with van der Waals surface area (Å²) in [5, 5.41) is 2.86. The van der Waals surface area contributed by atoms with Gasteiger partial charge in [0.1, 0.15) is 5.75 Å². The van der Waals surface area contributed by atoms with Crippen molar-refractivity contribution in [1.82, 2.24) is 10.0 Å². The van der Waals surface area contributed by atoms with E-state index in [4.69, 9.17) is 4.74 Å². The minimum atomic E-state index is -3.64. The Bertz CT molecular complexity index is 910. The average molecular weight is 391 g/mol. The third kappa shape index (κ3) is 5.55. The van der Waals surface area contributed by atoms with Gasteiger partial charge in [-0.05, 0) is 38.5 Å². The Labute approximate surface area is 161 Å². The second-order valence-corrected chi connectivity index (χ2v) is 8.18. The molecule has 0 radical (unpaired) electrons. The van der Waals surface area contributed by atoms with Crippen LogP contribution in [0.1, 0.15) is 36.1 Å². The fourth-order valence-corrected chi connectivity index (χ4v) is 4.15. The van der Waals surface area contributed by atoms with Gasteiger partial charge in [-0.1, -0.05) is 35.9 Å². The van der Waals surface area contributed by atoms with Crippen molar-refractivity contribution in [3.8, 4) is 5.75 Å². The van der Waals surface area contributed by atoms with Gasteiger partial charge in [0.25, 0.3) is 0 Å². The second-order valence-electron chi connectivity index (χ2n) is 6.45. The quantitative estimate of drug-likeness (QED) is 0.726. The number of carbonyl (C=O) groups is 1. The third-order valence-electron chi connectivity index (χ3n) is 4.25. The molecule has 2 aromatic carbocycles. The zero-order valence-corrected chi connectivity index (χ0v) is 16.9. The molecule has 0 bridgehead atoms. The summed E-state index contributed by atoms with van der Waals surface area (Å²) < 4.78 is 32.6. The molecular formula is C20H26N2O4S. The number of sulfonamides is 1. The Morgan fingerprint density at radius 2 is 1.85 bits per heavy atom. The summed E-state index contributed by atoms with van der Waals surface area (Å²) in [4.78, 5) is 12.4. The molecular weight excluding hydrogens is 364 g/mol. The molecule has 6 nitrogen and oxygen atoms in total. The van der Waals surface area contributed by atoms with Crippen LogP contribution >= 0.6 is 0 Å². The summed E-state index contributed by atoms with van der Waals surface area (Å²) in [5.41, 5.74) is 2.54. The fraction of sp³-hybridized carbons (Fsp3) is 0.350. The van der Waals surface area contributed by atoms with Crippen molar-refractivity contribution in [2.24, 2.45) is 0 Å². The summed E-state index contributed by atoms with van der Waals surface area (Å²) in [6, 6.07) is 12.3. The summed E-state index contributed by atoms with van der Waals surface area (Å²) in [5.74, 6) is 0.456. The Hall–Kier alpha value is -2.38. The molecule has 0 aliphatic heterocycles. The van der Waals surface area contributed by atoms with Crippen molar-refractivity contribution < 1.29 is 17.9 Å². The molecule has 0 fully saturated rings. The number of hydrogen-bond acceptors (Lipinski definition) is 4. The molecule has 146 valence electrons. The largest absolute Gasteiger partial charge is 0.496 e. The highest BCUT2D eigenvalue weighted by Crippen LogP contribution is 2.24. The molecule has 0 saturated heterocycles. The molecule has 1 unspecified atom stereocenters. The van der Waals surface area contributed by atoms with Crippen molar-refractivity contribution in [2.45, 2.75) is 38.1 Å². The van der Waals surface area contributed by atoms with Gasteiger partial charge in [0.2, 0.25) is 15.9 Å². The highest BCUT2D eigenvalue weighted by molar-refractivity contribution is 7.89. The summed E-state index contributed by atoms with van der Waals surface area (Å²) in [6.45, 7) is 5.54. The molecule has 0 aliphatic rings. The molecule has 2 rings (SSSR count). The van der Waals surface area contributed by atoms with Crippen molar-refractivity contribution in [2.75, 3.05) is 13.7 Å². The number of benzene rings is 2. The number of methoxy groups -OCH3 is 1. The van der Waals surface area contributed by atoms with E-state index >= 15 is 0 Å². The summed E-state index contributed by atoms with van der Waals surface area (Å²) >= 11 is 0. The van der Waals surface area contributed by atoms with Gasteiger partial charge >= 0.3 is 0 Å². The van der Waals surface area contributed by atoms with Crippen LogP contribution in [0.25, 0.3) is 0 Å². The van der Waals surface area contributed by atoms with E-state index in [2.05, 4.69) is 10.0 Å². The van der Waals surface area contributed by atoms with E-state index in [1.807, 2.05) is 44.2 Å². The van der Waals surface area contributed by atoms with Crippen LogP contribution in [-0.2, 0) is 14.8 Å². The third-order valence-corrected chi connectivity index (χ3v) is 5.87. The number of amides is 1. The number of rotatable bonds is 8. The van der Waals surface area contributed by atoms with Crippen LogP contribution in [-0.4, -0.2) is 28.0 Å². The maximum atomic E-state index is 12.4. The van der Waals surface area contributed by atoms with Crippen molar-refractivity contribution in [3.05, 3.63) is 59.2 Å². The molecule has 7 heteroatoms. The number of carbonyl (C=O) groups excluding carboxylic acids is 1. The van der Waals surface area contributed by atoms with E-state index in [1.54, 1.807) is 26.2 Å². The maximum absolute atomic E-state index is 12.4. The topological polar surface area (TPSA) is 84.5 Å². The van der Waals surface area contributed by atoms with E-state index in [0.29, 0.717) is 11.3 Å². The average Bonchev–Trinajstić information content (AvgIpc) is 2.61. The molecule has 2 N–H and O–H groups in total. The van der Waals surface area contributed by atoms with Crippen LogP contribution in [0.5, 0.6) is 5.75 Å². The number of hydrogen-bond donors (Lipinski definition) is 2. The fourth-order valence-electron chi connectivity index (χ4n) is 2.89. The van der Waals surface area contributed by atoms with E-state index < -0.39 is 10.0 Å². The first-order chi connectivity index (χ1) is 12.7. The first-order valence-electron chi connectivity index (χ1n) is 8.74. The standard InChI is InChI=1S/C20H26N2O4S/c1-14-9-10-19(15(2)13-14)27(24,25)21-12-11-20(23)22-16(3)17-7-5-6-8-18(17)26-4/h5-10,13,16,21H,11-12H2,1-4H3,(H,22,23). The highest BCUT2D eigenvalue weighted by atomic mass is 32.2. The van der Waals surface area contributed by atoms with Crippen LogP contribution in [0, 0.1) is 13.8 Å². The van der Waals surface area contributed by atoms with Crippen LogP contribution in [0.3, 0.4) is 0 Å². The Morgan fingerprint density at radius 1 is 1.15 bits per heavy atom. The lowest BCUT2D eigenvalue weighted by atomic mass is 10.1. The monoisotopic (exact) mass is 390 g/mol. The molecule has 2 aromatic rings. The SMILES string of the molecule is COc1ccccc1C(C)NC(=O)CCNS(=O)(=O)c1ccc(C)cc1C. The van der Waals surface area contributed by atoms with Gasteiger partial charge in [0, 0.05) is 18.5 Å². The minimum absolute atomic E-state index is 0.0279. The van der Waals surface area contributed by atoms with Gasteiger partial charge in [0.15, 0.2) is 0 Å². The van der Waals surface area contributed by atoms with Crippen LogP contribution in [0.4, 0.5) is 0 Å². The van der Waals surface area contributed by atoms with E-state index in [-0.39, 0.29) is 29.8 Å². The Morgan fingerprint density at radius 3 is 2.52 bits per heavy atom. The second kappa shape index (κ2) is 9.01. The number of ether oxygens (including phenoxy) is 1. The molecule has 1 amide bonds. The van der Waals surface area contributed by atoms with Crippen LogP contribution in [0.2, 0.25) is 0 Å². The van der Waals surface area contributed by atoms with Gasteiger partial charge in [-0.25, -0.2) is 13.1 Å². The predicted molar refractivity (Wildman–Crippen MR) is 105 cm³/mol. The zero-order valence-electron chi connectivity index (χ0n) is 16.1. The van der Waals surface area contributed by atoms with Crippen molar-refractivity contribution in [3.63, 3.8) is 0 Å². The number of para-hydroxylation sites is 1. The minimum Gasteiger partial charge on any atom is -0.496 e. The van der Waals surface area contributed by atoms with Crippen LogP contribution < -0.4 is 14.8 Å². The van der Waals surface area contributed by atoms with E-state index in [0.717, 1.165) is 11.1 Å². The van der Waals surface area contributed by atoms with E-state index in [1.165, 1.54) is 0 Å². The van der Waals surface area contributed by atoms with Gasteiger partial charge in [-0.15, -0.1) is 0 Å². The Kier molecular flexibility index (Phi) is 6.98. The lowest BCUT2D eigenvalue weighted by molar-refractivity contribution is -0.121. The van der Waals surface area contributed by atoms with Crippen LogP contribution in [0.15, 0.2) is 47.4 Å². The summed E-state index contributed by atoms with van der Waals surface area (Å²) in [6.07, 6.45) is 0.0453. The molecule has 1 atom stereocenters. The molecule has 0 saturated carbocycles. The lowest BCUT2D eigenvalue weighted by Gasteiger charge is -2.17. The van der Waals surface area contributed by atoms with Gasteiger partial charge in [-0.2, -0.15) is 0 Å². The summed E-state index contributed by atoms with van der Waals surface area (Å²) in [7, 11) is -2.07. The van der Waals surface area contributed by atoms with Crippen molar-refractivity contribution in [1.29, 1.82) is 0 Å². The highest BCUT2D eigenvalue weighted by Gasteiger charge is 2.18. The molecule has 0 spiro atoms. The zero-order chi connectivity index (χ0) is 20.0. The molecule has 0 heterocycles. The Balaban J connectivity index is 1.92. The first-order valence-corrected chi connectivity index (χ1v) is 10.2. The van der Waals surface area contributed by atoms with E-state index in [9.17, 15) is 13.2 Å². The van der Waals surface area contributed by atoms with Crippen molar-refractivity contribution >= 4 is 15.9 Å². The molecule has 27 heavy (non-hydrogen) atoms. The molecule has 0 aliphatic carbocycles. The van der Waals surface area contributed by atoms with Gasteiger partial charge in [0.05, 0.1) is 18.0 Å². The predicted octanol–water partition coefficient (Wildman–Crippen LogP) is 2.86. The maximum Gasteiger partial charge on any atom is 0.240 e. The van der Waals surface area contributed by atoms with Gasteiger partial charge in [-0.3, -0.25) is 4.79 Å². The smallest absolute Gasteiger partial charge is 0.240 e. The first kappa shape index (κ1) is 20.9. The lowest BCUT2D eigenvalue weighted by Crippen LogP contribution is -2.32. The van der Waals surface area contributed by atoms with Gasteiger partial charge < -0.3 is 10.1 Å².